The number of hydrogen-bond donors (Lipinski definition) is 2. The van der Waals surface area contributed by atoms with Crippen LogP contribution in [0.15, 0.2) is 84.0 Å². The molecule has 9 heteroatoms. The molecule has 0 amide bonds. The van der Waals surface area contributed by atoms with Crippen LogP contribution in [-0.2, 0) is 0 Å². The van der Waals surface area contributed by atoms with E-state index in [1.54, 1.807) is 24.1 Å². The molecule has 0 fully saturated rings. The van der Waals surface area contributed by atoms with Crippen LogP contribution in [0.3, 0.4) is 0 Å². The zero-order valence-corrected chi connectivity index (χ0v) is 20.2. The minimum atomic E-state index is -0.416. The molecule has 0 aliphatic carbocycles. The molecule has 0 radical (unpaired) electrons. The van der Waals surface area contributed by atoms with E-state index < -0.39 is 6.04 Å². The minimum absolute atomic E-state index is 0.0456. The van der Waals surface area contributed by atoms with Crippen LogP contribution in [0.5, 0.6) is 5.75 Å². The Hall–Kier alpha value is -5.23. The summed E-state index contributed by atoms with van der Waals surface area (Å²) in [5, 5.41) is 14.1. The Labute approximate surface area is 212 Å². The Balaban J connectivity index is 1.74. The van der Waals surface area contributed by atoms with Gasteiger partial charge >= 0.3 is 0 Å². The molecule has 0 saturated carbocycles. The van der Waals surface area contributed by atoms with Gasteiger partial charge in [0.15, 0.2) is 0 Å². The highest BCUT2D eigenvalue weighted by Gasteiger charge is 2.20. The van der Waals surface area contributed by atoms with Crippen molar-refractivity contribution >= 4 is 22.5 Å². The first-order chi connectivity index (χ1) is 18.0. The summed E-state index contributed by atoms with van der Waals surface area (Å²) < 4.78 is 7.02. The molecule has 3 N–H and O–H groups in total. The minimum Gasteiger partial charge on any atom is -0.495 e. The van der Waals surface area contributed by atoms with Gasteiger partial charge in [0, 0.05) is 23.1 Å². The molecule has 5 aromatic rings. The predicted octanol–water partition coefficient (Wildman–Crippen LogP) is 4.48. The fourth-order valence-electron chi connectivity index (χ4n) is 4.33. The summed E-state index contributed by atoms with van der Waals surface area (Å²) in [6, 6.07) is 20.6. The van der Waals surface area contributed by atoms with Crippen molar-refractivity contribution in [2.24, 2.45) is 0 Å². The Morgan fingerprint density at radius 3 is 2.65 bits per heavy atom. The van der Waals surface area contributed by atoms with E-state index >= 15 is 0 Å². The maximum Gasteiger partial charge on any atom is 0.263 e. The Morgan fingerprint density at radius 1 is 1.08 bits per heavy atom. The smallest absolute Gasteiger partial charge is 0.263 e. The topological polar surface area (TPSA) is 132 Å². The zero-order chi connectivity index (χ0) is 25.9. The molecule has 9 nitrogen and oxygen atoms in total. The monoisotopic (exact) mass is 489 g/mol. The number of nitrogens with two attached hydrogens (primary N) is 1. The van der Waals surface area contributed by atoms with E-state index in [0.29, 0.717) is 28.3 Å². The van der Waals surface area contributed by atoms with Crippen LogP contribution in [0.4, 0.5) is 11.8 Å². The molecule has 0 saturated heterocycles. The third-order valence-corrected chi connectivity index (χ3v) is 6.07. The van der Waals surface area contributed by atoms with Crippen LogP contribution < -0.4 is 21.3 Å². The summed E-state index contributed by atoms with van der Waals surface area (Å²) in [5.41, 5.74) is 8.75. The largest absolute Gasteiger partial charge is 0.495 e. The summed E-state index contributed by atoms with van der Waals surface area (Å²) in [6.07, 6.45) is 4.71. The molecule has 3 heterocycles. The molecular weight excluding hydrogens is 466 g/mol. The third kappa shape index (κ3) is 4.44. The summed E-state index contributed by atoms with van der Waals surface area (Å²) in [6.45, 7) is 1.90. The van der Waals surface area contributed by atoms with Gasteiger partial charge in [-0.1, -0.05) is 36.4 Å². The quantitative estimate of drug-likeness (QED) is 0.357. The lowest BCUT2D eigenvalue weighted by atomic mass is 9.98. The second-order valence-corrected chi connectivity index (χ2v) is 8.40. The number of para-hydroxylation sites is 1. The molecule has 0 unspecified atom stereocenters. The number of methoxy groups -OCH3 is 1. The van der Waals surface area contributed by atoms with Crippen molar-refractivity contribution in [1.82, 2.24) is 19.5 Å². The maximum absolute atomic E-state index is 14.2. The van der Waals surface area contributed by atoms with Crippen LogP contribution in [0, 0.1) is 11.3 Å². The first-order valence-corrected chi connectivity index (χ1v) is 11.5. The zero-order valence-electron chi connectivity index (χ0n) is 20.2. The van der Waals surface area contributed by atoms with Crippen molar-refractivity contribution in [3.05, 3.63) is 101 Å². The van der Waals surface area contributed by atoms with Gasteiger partial charge in [-0.25, -0.2) is 4.98 Å². The molecule has 1 atom stereocenters. The number of benzene rings is 2. The van der Waals surface area contributed by atoms with Crippen molar-refractivity contribution < 1.29 is 4.74 Å². The van der Waals surface area contributed by atoms with Crippen LogP contribution >= 0.6 is 0 Å². The molecule has 0 aliphatic rings. The van der Waals surface area contributed by atoms with E-state index in [2.05, 4.69) is 26.3 Å². The number of nitrogens with zero attached hydrogens (tertiary/aromatic N) is 5. The number of nitrogen functional groups attached to an aromatic ring is 1. The molecule has 5 rings (SSSR count). The molecule has 182 valence electrons. The van der Waals surface area contributed by atoms with E-state index in [-0.39, 0.29) is 17.1 Å². The van der Waals surface area contributed by atoms with E-state index in [0.717, 1.165) is 16.5 Å². The fourth-order valence-corrected chi connectivity index (χ4v) is 4.33. The molecule has 0 spiro atoms. The Bertz CT molecular complexity index is 1710. The number of fused-ring (bicyclic) bond motifs is 1. The average Bonchev–Trinajstić information content (AvgIpc) is 2.93. The van der Waals surface area contributed by atoms with E-state index in [1.165, 1.54) is 6.20 Å². The molecule has 37 heavy (non-hydrogen) atoms. The van der Waals surface area contributed by atoms with Crippen molar-refractivity contribution in [1.29, 1.82) is 5.26 Å². The lowest BCUT2D eigenvalue weighted by Crippen LogP contribution is -2.26. The van der Waals surface area contributed by atoms with Crippen molar-refractivity contribution in [3.63, 3.8) is 0 Å². The summed E-state index contributed by atoms with van der Waals surface area (Å²) in [4.78, 5) is 26.6. The van der Waals surface area contributed by atoms with Gasteiger partial charge < -0.3 is 15.8 Å². The highest BCUT2D eigenvalue weighted by molar-refractivity contribution is 5.96. The lowest BCUT2D eigenvalue weighted by Gasteiger charge is -2.22. The van der Waals surface area contributed by atoms with Crippen molar-refractivity contribution in [3.8, 4) is 28.6 Å². The second-order valence-electron chi connectivity index (χ2n) is 8.40. The van der Waals surface area contributed by atoms with Gasteiger partial charge in [-0.2, -0.15) is 10.2 Å². The SMILES string of the molecule is COc1cncc(-c2cccc3cc([C@@H](C)Nc4nc(N)ncc4C#N)n(-c4ccccc4)c(=O)c23)c1. The normalized spacial score (nSPS) is 11.6. The van der Waals surface area contributed by atoms with Crippen molar-refractivity contribution in [2.75, 3.05) is 18.2 Å². The molecule has 0 aliphatic heterocycles. The van der Waals surface area contributed by atoms with E-state index in [4.69, 9.17) is 10.5 Å². The van der Waals surface area contributed by atoms with Gasteiger partial charge in [-0.3, -0.25) is 14.3 Å². The number of aromatic nitrogens is 4. The highest BCUT2D eigenvalue weighted by Crippen LogP contribution is 2.31. The number of nitriles is 1. The standard InChI is InChI=1S/C28H23N7O2/c1-17(33-26-20(13-29)15-32-28(30)34-26)24-12-18-7-6-10-23(19-11-22(37-2)16-31-14-19)25(18)27(36)35(24)21-8-4-3-5-9-21/h3-12,14-17H,1-2H3,(H3,30,32,33,34)/t17-/m1/s1. The lowest BCUT2D eigenvalue weighted by molar-refractivity contribution is 0.413. The van der Waals surface area contributed by atoms with Gasteiger partial charge in [0.2, 0.25) is 5.95 Å². The van der Waals surface area contributed by atoms with E-state index in [1.807, 2.05) is 67.6 Å². The molecular formula is C28H23N7O2. The molecule has 0 bridgehead atoms. The predicted molar refractivity (Wildman–Crippen MR) is 143 cm³/mol. The number of ether oxygens (including phenoxy) is 1. The van der Waals surface area contributed by atoms with E-state index in [9.17, 15) is 10.1 Å². The summed E-state index contributed by atoms with van der Waals surface area (Å²) >= 11 is 0. The first kappa shape index (κ1) is 23.5. The van der Waals surface area contributed by atoms with Crippen LogP contribution in [0.25, 0.3) is 27.6 Å². The summed E-state index contributed by atoms with van der Waals surface area (Å²) in [5.74, 6) is 0.944. The Morgan fingerprint density at radius 2 is 1.89 bits per heavy atom. The highest BCUT2D eigenvalue weighted by atomic mass is 16.5. The molecule has 3 aromatic heterocycles. The van der Waals surface area contributed by atoms with Crippen LogP contribution in [-0.4, -0.2) is 26.6 Å². The fraction of sp³-hybridized carbons (Fsp3) is 0.107. The van der Waals surface area contributed by atoms with Gasteiger partial charge in [0.1, 0.15) is 23.2 Å². The second kappa shape index (κ2) is 9.79. The number of rotatable bonds is 6. The number of pyridine rings is 2. The Kier molecular flexibility index (Phi) is 6.22. The maximum atomic E-state index is 14.2. The van der Waals surface area contributed by atoms with Gasteiger partial charge in [-0.15, -0.1) is 0 Å². The van der Waals surface area contributed by atoms with Gasteiger partial charge in [0.25, 0.3) is 5.56 Å². The first-order valence-electron chi connectivity index (χ1n) is 11.5. The average molecular weight is 490 g/mol. The van der Waals surface area contributed by atoms with Crippen LogP contribution in [0.1, 0.15) is 24.2 Å². The number of anilines is 2. The van der Waals surface area contributed by atoms with Crippen LogP contribution in [0.2, 0.25) is 0 Å². The van der Waals surface area contributed by atoms with Gasteiger partial charge in [-0.05, 0) is 42.1 Å². The molecule has 2 aromatic carbocycles. The van der Waals surface area contributed by atoms with Gasteiger partial charge in [0.05, 0.1) is 30.9 Å². The summed E-state index contributed by atoms with van der Waals surface area (Å²) in [7, 11) is 1.58. The number of hydrogen-bond acceptors (Lipinski definition) is 8. The van der Waals surface area contributed by atoms with Crippen molar-refractivity contribution in [2.45, 2.75) is 13.0 Å². The number of nitrogens with one attached hydrogen (secondary N) is 1. The third-order valence-electron chi connectivity index (χ3n) is 6.07.